The lowest BCUT2D eigenvalue weighted by atomic mass is 9.72. The minimum Gasteiger partial charge on any atom is -0.369 e. The summed E-state index contributed by atoms with van der Waals surface area (Å²) in [5.74, 6) is -0.0298. The first-order valence-corrected chi connectivity index (χ1v) is 13.5. The largest absolute Gasteiger partial charge is 0.417 e. The SMILES string of the molecule is Cc1nc(N2CCCC3(CN(c4ccc(-c5cc(C#N)ccc5C(F)(F)F)cc4)C3)C2=O)sc1S(N)=O. The molecule has 2 aromatic carbocycles. The number of halogens is 3. The number of thiazole rings is 1. The molecule has 7 nitrogen and oxygen atoms in total. The van der Waals surface area contributed by atoms with Gasteiger partial charge in [-0.1, -0.05) is 23.5 Å². The number of rotatable bonds is 4. The number of anilines is 2. The van der Waals surface area contributed by atoms with E-state index in [1.54, 1.807) is 36.1 Å². The zero-order chi connectivity index (χ0) is 26.5. The number of amides is 1. The van der Waals surface area contributed by atoms with Gasteiger partial charge in [-0.15, -0.1) is 0 Å². The normalized spacial score (nSPS) is 18.0. The second kappa shape index (κ2) is 9.24. The van der Waals surface area contributed by atoms with Crippen molar-refractivity contribution in [2.24, 2.45) is 10.6 Å². The maximum absolute atomic E-state index is 13.5. The second-order valence-electron chi connectivity index (χ2n) is 9.28. The smallest absolute Gasteiger partial charge is 0.369 e. The molecule has 192 valence electrons. The fourth-order valence-electron chi connectivity index (χ4n) is 5.04. The second-order valence-corrected chi connectivity index (χ2v) is 11.5. The van der Waals surface area contributed by atoms with Crippen molar-refractivity contribution in [1.82, 2.24) is 4.98 Å². The molecule has 5 rings (SSSR count). The van der Waals surface area contributed by atoms with Gasteiger partial charge in [0.25, 0.3) is 0 Å². The zero-order valence-corrected chi connectivity index (χ0v) is 21.3. The molecular formula is C25H22F3N5O2S2. The Morgan fingerprint density at radius 2 is 1.89 bits per heavy atom. The number of hydrogen-bond acceptors (Lipinski definition) is 6. The predicted octanol–water partition coefficient (Wildman–Crippen LogP) is 4.62. The Balaban J connectivity index is 1.34. The van der Waals surface area contributed by atoms with E-state index in [1.807, 2.05) is 11.0 Å². The van der Waals surface area contributed by atoms with Crippen LogP contribution in [0.25, 0.3) is 11.1 Å². The molecule has 3 heterocycles. The van der Waals surface area contributed by atoms with Crippen molar-refractivity contribution in [3.8, 4) is 17.2 Å². The summed E-state index contributed by atoms with van der Waals surface area (Å²) in [5.41, 5.74) is 0.450. The van der Waals surface area contributed by atoms with Gasteiger partial charge < -0.3 is 4.90 Å². The molecule has 37 heavy (non-hydrogen) atoms. The highest BCUT2D eigenvalue weighted by Gasteiger charge is 2.53. The summed E-state index contributed by atoms with van der Waals surface area (Å²) < 4.78 is 52.8. The Bertz CT molecular complexity index is 1440. The van der Waals surface area contributed by atoms with Gasteiger partial charge in [-0.25, -0.2) is 14.3 Å². The van der Waals surface area contributed by atoms with Crippen LogP contribution in [0.15, 0.2) is 46.7 Å². The first-order chi connectivity index (χ1) is 17.5. The summed E-state index contributed by atoms with van der Waals surface area (Å²) in [7, 11) is -1.67. The molecule has 1 unspecified atom stereocenters. The van der Waals surface area contributed by atoms with Crippen LogP contribution >= 0.6 is 11.3 Å². The van der Waals surface area contributed by atoms with Crippen molar-refractivity contribution in [1.29, 1.82) is 5.26 Å². The number of carbonyl (C=O) groups is 1. The van der Waals surface area contributed by atoms with Crippen LogP contribution in [-0.2, 0) is 22.0 Å². The van der Waals surface area contributed by atoms with Crippen LogP contribution in [0.1, 0.15) is 29.7 Å². The van der Waals surface area contributed by atoms with Crippen molar-refractivity contribution in [2.75, 3.05) is 29.4 Å². The molecule has 1 spiro atoms. The number of nitrogens with two attached hydrogens (primary N) is 1. The lowest BCUT2D eigenvalue weighted by Crippen LogP contribution is -2.66. The Labute approximate surface area is 217 Å². The first-order valence-electron chi connectivity index (χ1n) is 11.4. The third-order valence-electron chi connectivity index (χ3n) is 6.88. The van der Waals surface area contributed by atoms with Crippen molar-refractivity contribution in [3.05, 3.63) is 59.3 Å². The molecular weight excluding hydrogens is 523 g/mol. The summed E-state index contributed by atoms with van der Waals surface area (Å²) in [4.78, 5) is 21.5. The van der Waals surface area contributed by atoms with Gasteiger partial charge in [-0.05, 0) is 61.2 Å². The van der Waals surface area contributed by atoms with Crippen LogP contribution in [0.5, 0.6) is 0 Å². The fourth-order valence-corrected chi connectivity index (χ4v) is 6.75. The van der Waals surface area contributed by atoms with Gasteiger partial charge in [0.05, 0.1) is 28.3 Å². The summed E-state index contributed by atoms with van der Waals surface area (Å²) in [6, 6.07) is 11.9. The Morgan fingerprint density at radius 3 is 2.49 bits per heavy atom. The molecule has 0 bridgehead atoms. The van der Waals surface area contributed by atoms with Gasteiger partial charge in [0.15, 0.2) is 5.13 Å². The molecule has 0 radical (unpaired) electrons. The number of aromatic nitrogens is 1. The highest BCUT2D eigenvalue weighted by Crippen LogP contribution is 2.45. The fraction of sp³-hybridized carbons (Fsp3) is 0.320. The van der Waals surface area contributed by atoms with Gasteiger partial charge in [0.1, 0.15) is 15.2 Å². The third kappa shape index (κ3) is 4.52. The molecule has 0 aliphatic carbocycles. The minimum absolute atomic E-state index is 0.0298. The van der Waals surface area contributed by atoms with Crippen LogP contribution in [0.3, 0.4) is 0 Å². The molecule has 2 aliphatic rings. The monoisotopic (exact) mass is 545 g/mol. The van der Waals surface area contributed by atoms with Crippen molar-refractivity contribution < 1.29 is 22.2 Å². The Kier molecular flexibility index (Phi) is 6.34. The Hall–Kier alpha value is -3.27. The van der Waals surface area contributed by atoms with Crippen molar-refractivity contribution in [2.45, 2.75) is 30.2 Å². The van der Waals surface area contributed by atoms with Crippen LogP contribution in [-0.4, -0.2) is 34.7 Å². The Morgan fingerprint density at radius 1 is 1.19 bits per heavy atom. The number of nitrogens with zero attached hydrogens (tertiary/aromatic N) is 4. The van der Waals surface area contributed by atoms with Gasteiger partial charge in [-0.3, -0.25) is 9.69 Å². The minimum atomic E-state index is -4.55. The molecule has 0 saturated carbocycles. The molecule has 1 atom stereocenters. The van der Waals surface area contributed by atoms with E-state index in [1.165, 1.54) is 17.4 Å². The maximum Gasteiger partial charge on any atom is 0.417 e. The molecule has 12 heteroatoms. The third-order valence-corrected chi connectivity index (χ3v) is 9.26. The lowest BCUT2D eigenvalue weighted by Gasteiger charge is -2.53. The van der Waals surface area contributed by atoms with Gasteiger partial charge >= 0.3 is 6.18 Å². The van der Waals surface area contributed by atoms with Crippen molar-refractivity contribution >= 4 is 39.0 Å². The number of nitriles is 1. The topological polar surface area (TPSA) is 103 Å². The molecule has 3 aromatic rings. The number of alkyl halides is 3. The zero-order valence-electron chi connectivity index (χ0n) is 19.7. The van der Waals surface area contributed by atoms with Crippen LogP contribution < -0.4 is 14.9 Å². The lowest BCUT2D eigenvalue weighted by molar-refractivity contribution is -0.137. The van der Waals surface area contributed by atoms with E-state index in [2.05, 4.69) is 4.98 Å². The van der Waals surface area contributed by atoms with Crippen molar-refractivity contribution in [3.63, 3.8) is 0 Å². The van der Waals surface area contributed by atoms with E-state index in [-0.39, 0.29) is 17.0 Å². The van der Waals surface area contributed by atoms with Gasteiger partial charge in [0, 0.05) is 25.3 Å². The average Bonchev–Trinajstić information content (AvgIpc) is 3.23. The summed E-state index contributed by atoms with van der Waals surface area (Å²) in [6.07, 6.45) is -3.02. The predicted molar refractivity (Wildman–Crippen MR) is 135 cm³/mol. The molecule has 2 saturated heterocycles. The highest BCUT2D eigenvalue weighted by atomic mass is 32.2. The number of piperidine rings is 1. The summed E-state index contributed by atoms with van der Waals surface area (Å²) >= 11 is 1.17. The summed E-state index contributed by atoms with van der Waals surface area (Å²) in [6.45, 7) is 3.22. The van der Waals surface area contributed by atoms with Gasteiger partial charge in [-0.2, -0.15) is 18.4 Å². The van der Waals surface area contributed by atoms with E-state index < -0.39 is 28.1 Å². The number of benzene rings is 2. The standard InChI is InChI=1S/C25H22F3N5O2S2/c1-15-21(37(30)35)36-23(31-15)33-10-2-9-24(22(33)34)13-32(14-24)18-6-4-17(5-7-18)19-11-16(12-29)3-8-20(19)25(26,27)28/h3-8,11H,2,9-10,13-14,30H2,1H3. The van der Waals surface area contributed by atoms with E-state index in [9.17, 15) is 22.2 Å². The number of aryl methyl sites for hydroxylation is 1. The first kappa shape index (κ1) is 25.4. The van der Waals surface area contributed by atoms with Gasteiger partial charge in [0.2, 0.25) is 5.91 Å². The molecule has 1 aromatic heterocycles. The van der Waals surface area contributed by atoms with E-state index in [0.717, 1.165) is 30.7 Å². The maximum atomic E-state index is 13.5. The van der Waals surface area contributed by atoms with Crippen LogP contribution in [0.2, 0.25) is 0 Å². The molecule has 1 amide bonds. The molecule has 2 N–H and O–H groups in total. The molecule has 2 aliphatic heterocycles. The molecule has 2 fully saturated rings. The van der Waals surface area contributed by atoms with Crippen LogP contribution in [0.4, 0.5) is 24.0 Å². The number of hydrogen-bond donors (Lipinski definition) is 1. The number of carbonyl (C=O) groups excluding carboxylic acids is 1. The summed E-state index contributed by atoms with van der Waals surface area (Å²) in [5, 5.41) is 15.2. The van der Waals surface area contributed by atoms with Crippen LogP contribution in [0, 0.1) is 23.7 Å². The quantitative estimate of drug-likeness (QED) is 0.515. The van der Waals surface area contributed by atoms with E-state index in [4.69, 9.17) is 10.4 Å². The highest BCUT2D eigenvalue weighted by molar-refractivity contribution is 7.85. The van der Waals surface area contributed by atoms with E-state index in [0.29, 0.717) is 40.2 Å². The van der Waals surface area contributed by atoms with E-state index >= 15 is 0 Å². The average molecular weight is 546 g/mol.